The fourth-order valence-corrected chi connectivity index (χ4v) is 2.20. The zero-order valence-electron chi connectivity index (χ0n) is 9.22. The predicted molar refractivity (Wildman–Crippen MR) is 68.5 cm³/mol. The molecule has 1 aliphatic rings. The van der Waals surface area contributed by atoms with Crippen LogP contribution < -0.4 is 10.6 Å². The lowest BCUT2D eigenvalue weighted by Gasteiger charge is -2.12. The molecule has 2 rings (SSSR count). The van der Waals surface area contributed by atoms with Gasteiger partial charge in [-0.2, -0.15) is 0 Å². The summed E-state index contributed by atoms with van der Waals surface area (Å²) in [5.41, 5.74) is 1.98. The van der Waals surface area contributed by atoms with E-state index in [1.54, 1.807) is 0 Å². The number of anilines is 1. The first-order valence-corrected chi connectivity index (χ1v) is 6.24. The average molecular weight is 283 g/mol. The number of benzene rings is 1. The Kier molecular flexibility index (Phi) is 3.61. The third-order valence-corrected chi connectivity index (χ3v) is 3.38. The molecule has 1 fully saturated rings. The third-order valence-electron chi connectivity index (χ3n) is 2.89. The van der Waals surface area contributed by atoms with Gasteiger partial charge in [0.1, 0.15) is 0 Å². The predicted octanol–water partition coefficient (Wildman–Crippen LogP) is 2.31. The van der Waals surface area contributed by atoms with Crippen LogP contribution in [0.4, 0.5) is 5.69 Å². The average Bonchev–Trinajstić information content (AvgIpc) is 2.76. The van der Waals surface area contributed by atoms with Gasteiger partial charge in [-0.25, -0.2) is 0 Å². The lowest BCUT2D eigenvalue weighted by molar-refractivity contribution is -0.119. The quantitative estimate of drug-likeness (QED) is 0.874. The normalized spacial score (nSPS) is 19.8. The first-order valence-electron chi connectivity index (χ1n) is 5.44. The van der Waals surface area contributed by atoms with Crippen LogP contribution in [0.15, 0.2) is 22.7 Å². The van der Waals surface area contributed by atoms with Gasteiger partial charge in [0, 0.05) is 16.7 Å². The highest BCUT2D eigenvalue weighted by atomic mass is 79.9. The Balaban J connectivity index is 2.07. The van der Waals surface area contributed by atoms with E-state index in [1.807, 2.05) is 25.1 Å². The second-order valence-corrected chi connectivity index (χ2v) is 5.05. The van der Waals surface area contributed by atoms with Gasteiger partial charge in [0.25, 0.3) is 0 Å². The van der Waals surface area contributed by atoms with E-state index < -0.39 is 0 Å². The highest BCUT2D eigenvalue weighted by Gasteiger charge is 2.22. The molecule has 86 valence electrons. The fraction of sp³-hybridized carbons (Fsp3) is 0.417. The number of hydrogen-bond donors (Lipinski definition) is 2. The van der Waals surface area contributed by atoms with E-state index >= 15 is 0 Å². The molecule has 0 aromatic heterocycles. The maximum absolute atomic E-state index is 11.9. The summed E-state index contributed by atoms with van der Waals surface area (Å²) < 4.78 is 0.984. The van der Waals surface area contributed by atoms with Crippen molar-refractivity contribution in [3.63, 3.8) is 0 Å². The van der Waals surface area contributed by atoms with Crippen LogP contribution in [0.5, 0.6) is 0 Å². The van der Waals surface area contributed by atoms with Crippen molar-refractivity contribution in [2.75, 3.05) is 18.4 Å². The monoisotopic (exact) mass is 282 g/mol. The molecule has 1 aliphatic heterocycles. The maximum Gasteiger partial charge on any atom is 0.228 e. The number of hydrogen-bond acceptors (Lipinski definition) is 2. The first-order chi connectivity index (χ1) is 7.66. The van der Waals surface area contributed by atoms with E-state index in [0.29, 0.717) is 0 Å². The van der Waals surface area contributed by atoms with Crippen molar-refractivity contribution in [1.82, 2.24) is 5.32 Å². The van der Waals surface area contributed by atoms with Crippen molar-refractivity contribution in [3.05, 3.63) is 28.2 Å². The third kappa shape index (κ3) is 2.62. The van der Waals surface area contributed by atoms with E-state index in [9.17, 15) is 4.79 Å². The van der Waals surface area contributed by atoms with Crippen LogP contribution in [0.3, 0.4) is 0 Å². The molecular formula is C12H15BrN2O. The lowest BCUT2D eigenvalue weighted by atomic mass is 10.1. The van der Waals surface area contributed by atoms with Gasteiger partial charge in [-0.1, -0.05) is 22.0 Å². The highest BCUT2D eigenvalue weighted by molar-refractivity contribution is 9.10. The van der Waals surface area contributed by atoms with Crippen LogP contribution in [0.1, 0.15) is 12.0 Å². The Morgan fingerprint density at radius 2 is 2.38 bits per heavy atom. The van der Waals surface area contributed by atoms with Crippen molar-refractivity contribution in [3.8, 4) is 0 Å². The lowest BCUT2D eigenvalue weighted by Crippen LogP contribution is -2.24. The van der Waals surface area contributed by atoms with Crippen LogP contribution in [0, 0.1) is 12.8 Å². The minimum Gasteiger partial charge on any atom is -0.326 e. The van der Waals surface area contributed by atoms with Crippen molar-refractivity contribution < 1.29 is 4.79 Å². The minimum atomic E-state index is 0.110. The Morgan fingerprint density at radius 3 is 3.06 bits per heavy atom. The summed E-state index contributed by atoms with van der Waals surface area (Å²) in [6, 6.07) is 5.91. The Morgan fingerprint density at radius 1 is 1.56 bits per heavy atom. The van der Waals surface area contributed by atoms with E-state index in [4.69, 9.17) is 0 Å². The molecule has 1 amide bonds. The topological polar surface area (TPSA) is 41.1 Å². The van der Waals surface area contributed by atoms with Crippen LogP contribution in [-0.2, 0) is 4.79 Å². The molecule has 0 radical (unpaired) electrons. The summed E-state index contributed by atoms with van der Waals surface area (Å²) in [5, 5.41) is 6.18. The number of halogens is 1. The molecule has 1 aromatic rings. The number of amides is 1. The van der Waals surface area contributed by atoms with Gasteiger partial charge in [0.05, 0.1) is 5.92 Å². The zero-order valence-corrected chi connectivity index (χ0v) is 10.8. The molecule has 0 bridgehead atoms. The van der Waals surface area contributed by atoms with E-state index in [0.717, 1.165) is 35.2 Å². The number of nitrogens with one attached hydrogen (secondary N) is 2. The molecule has 1 atom stereocenters. The van der Waals surface area contributed by atoms with Crippen LogP contribution in [-0.4, -0.2) is 19.0 Å². The Bertz CT molecular complexity index is 400. The molecule has 2 N–H and O–H groups in total. The molecule has 1 saturated heterocycles. The molecule has 3 nitrogen and oxygen atoms in total. The van der Waals surface area contributed by atoms with Gasteiger partial charge in [0.15, 0.2) is 0 Å². The molecule has 4 heteroatoms. The molecular weight excluding hydrogens is 268 g/mol. The summed E-state index contributed by atoms with van der Waals surface area (Å²) in [4.78, 5) is 11.9. The van der Waals surface area contributed by atoms with Gasteiger partial charge in [-0.3, -0.25) is 4.79 Å². The molecule has 1 unspecified atom stereocenters. The summed E-state index contributed by atoms with van der Waals surface area (Å²) in [6.07, 6.45) is 0.929. The second kappa shape index (κ2) is 4.97. The summed E-state index contributed by atoms with van der Waals surface area (Å²) >= 11 is 3.41. The Labute approximate surface area is 104 Å². The highest BCUT2D eigenvalue weighted by Crippen LogP contribution is 2.21. The van der Waals surface area contributed by atoms with Crippen LogP contribution in [0.2, 0.25) is 0 Å². The molecule has 1 heterocycles. The Hall–Kier alpha value is -0.870. The van der Waals surface area contributed by atoms with Crippen molar-refractivity contribution >= 4 is 27.5 Å². The molecule has 16 heavy (non-hydrogen) atoms. The standard InChI is InChI=1S/C12H15BrN2O/c1-8-2-3-10(13)6-11(8)15-12(16)9-4-5-14-7-9/h2-3,6,9,14H,4-5,7H2,1H3,(H,15,16). The van der Waals surface area contributed by atoms with Gasteiger partial charge in [0.2, 0.25) is 5.91 Å². The first kappa shape index (κ1) is 11.6. The molecule has 0 saturated carbocycles. The van der Waals surface area contributed by atoms with Crippen LogP contribution in [0.25, 0.3) is 0 Å². The van der Waals surface area contributed by atoms with E-state index in [1.165, 1.54) is 0 Å². The second-order valence-electron chi connectivity index (χ2n) is 4.14. The van der Waals surface area contributed by atoms with Crippen molar-refractivity contribution in [2.24, 2.45) is 5.92 Å². The summed E-state index contributed by atoms with van der Waals surface area (Å²) in [7, 11) is 0. The minimum absolute atomic E-state index is 0.110. The molecule has 0 spiro atoms. The largest absolute Gasteiger partial charge is 0.326 e. The zero-order chi connectivity index (χ0) is 11.5. The van der Waals surface area contributed by atoms with Gasteiger partial charge < -0.3 is 10.6 Å². The smallest absolute Gasteiger partial charge is 0.228 e. The summed E-state index contributed by atoms with van der Waals surface area (Å²) in [6.45, 7) is 3.73. The SMILES string of the molecule is Cc1ccc(Br)cc1NC(=O)C1CCNC1. The number of carbonyl (C=O) groups is 1. The number of rotatable bonds is 2. The number of carbonyl (C=O) groups excluding carboxylic acids is 1. The van der Waals surface area contributed by atoms with Gasteiger partial charge in [-0.15, -0.1) is 0 Å². The number of aryl methyl sites for hydroxylation is 1. The van der Waals surface area contributed by atoms with Crippen molar-refractivity contribution in [2.45, 2.75) is 13.3 Å². The van der Waals surface area contributed by atoms with Gasteiger partial charge in [-0.05, 0) is 37.6 Å². The molecule has 0 aliphatic carbocycles. The molecule has 1 aromatic carbocycles. The van der Waals surface area contributed by atoms with E-state index in [2.05, 4.69) is 26.6 Å². The maximum atomic E-state index is 11.9. The van der Waals surface area contributed by atoms with Crippen molar-refractivity contribution in [1.29, 1.82) is 0 Å². The van der Waals surface area contributed by atoms with Gasteiger partial charge >= 0.3 is 0 Å². The van der Waals surface area contributed by atoms with Crippen LogP contribution >= 0.6 is 15.9 Å². The fourth-order valence-electron chi connectivity index (χ4n) is 1.84. The summed E-state index contributed by atoms with van der Waals surface area (Å²) in [5.74, 6) is 0.226. The van der Waals surface area contributed by atoms with E-state index in [-0.39, 0.29) is 11.8 Å².